The Morgan fingerprint density at radius 2 is 1.81 bits per heavy atom. The van der Waals surface area contributed by atoms with Crippen LogP contribution in [0.5, 0.6) is 5.75 Å². The monoisotopic (exact) mass is 382 g/mol. The van der Waals surface area contributed by atoms with Crippen LogP contribution in [0.4, 0.5) is 5.82 Å². The average Bonchev–Trinajstić information content (AvgIpc) is 2.72. The van der Waals surface area contributed by atoms with Crippen LogP contribution in [-0.4, -0.2) is 23.0 Å². The standard InChI is InChI=1S/C20H19ClN4O2/c1-27-16-8-6-14(7-9-16)10-25-20(26)18-12-24-19(13-22-18)23-11-15-4-2-3-5-17(15)21/h2-9,12-13H,10-11H2,1H3,(H,23,24)(H,25,26). The van der Waals surface area contributed by atoms with Crippen molar-refractivity contribution in [1.29, 1.82) is 0 Å². The third-order valence-corrected chi connectivity index (χ3v) is 4.28. The van der Waals surface area contributed by atoms with E-state index < -0.39 is 0 Å². The lowest BCUT2D eigenvalue weighted by atomic mass is 10.2. The maximum atomic E-state index is 12.2. The van der Waals surface area contributed by atoms with Crippen molar-refractivity contribution in [1.82, 2.24) is 15.3 Å². The highest BCUT2D eigenvalue weighted by molar-refractivity contribution is 6.31. The van der Waals surface area contributed by atoms with Gasteiger partial charge < -0.3 is 15.4 Å². The van der Waals surface area contributed by atoms with Gasteiger partial charge in [-0.3, -0.25) is 4.79 Å². The predicted octanol–water partition coefficient (Wildman–Crippen LogP) is 3.68. The fraction of sp³-hybridized carbons (Fsp3) is 0.150. The zero-order valence-electron chi connectivity index (χ0n) is 14.8. The maximum absolute atomic E-state index is 12.2. The zero-order chi connectivity index (χ0) is 19.1. The summed E-state index contributed by atoms with van der Waals surface area (Å²) in [6.07, 6.45) is 2.97. The summed E-state index contributed by atoms with van der Waals surface area (Å²) in [5.41, 5.74) is 2.18. The molecular formula is C20H19ClN4O2. The number of halogens is 1. The van der Waals surface area contributed by atoms with Gasteiger partial charge in [-0.05, 0) is 29.3 Å². The first-order valence-electron chi connectivity index (χ1n) is 8.36. The Hall–Kier alpha value is -3.12. The molecule has 7 heteroatoms. The molecule has 0 unspecified atom stereocenters. The molecule has 0 spiro atoms. The van der Waals surface area contributed by atoms with E-state index in [2.05, 4.69) is 20.6 Å². The van der Waals surface area contributed by atoms with Gasteiger partial charge in [0, 0.05) is 18.1 Å². The second-order valence-electron chi connectivity index (χ2n) is 5.76. The highest BCUT2D eigenvalue weighted by Crippen LogP contribution is 2.16. The normalized spacial score (nSPS) is 10.3. The van der Waals surface area contributed by atoms with Crippen molar-refractivity contribution >= 4 is 23.3 Å². The molecule has 3 aromatic rings. The van der Waals surface area contributed by atoms with Gasteiger partial charge in [0.1, 0.15) is 17.3 Å². The van der Waals surface area contributed by atoms with E-state index in [1.807, 2.05) is 48.5 Å². The number of nitrogens with one attached hydrogen (secondary N) is 2. The van der Waals surface area contributed by atoms with Crippen LogP contribution >= 0.6 is 11.6 Å². The molecule has 0 atom stereocenters. The van der Waals surface area contributed by atoms with E-state index in [1.165, 1.54) is 12.4 Å². The summed E-state index contributed by atoms with van der Waals surface area (Å²) in [4.78, 5) is 20.6. The molecule has 2 N–H and O–H groups in total. The summed E-state index contributed by atoms with van der Waals surface area (Å²) in [5.74, 6) is 1.06. The van der Waals surface area contributed by atoms with Gasteiger partial charge in [0.25, 0.3) is 5.91 Å². The molecule has 2 aromatic carbocycles. The minimum atomic E-state index is -0.282. The SMILES string of the molecule is COc1ccc(CNC(=O)c2cnc(NCc3ccccc3Cl)cn2)cc1. The topological polar surface area (TPSA) is 76.1 Å². The molecule has 0 aliphatic heterocycles. The third kappa shape index (κ3) is 5.18. The summed E-state index contributed by atoms with van der Waals surface area (Å²) >= 11 is 6.12. The lowest BCUT2D eigenvalue weighted by Gasteiger charge is -2.08. The van der Waals surface area contributed by atoms with Crippen LogP contribution in [-0.2, 0) is 13.1 Å². The molecule has 0 saturated carbocycles. The summed E-state index contributed by atoms with van der Waals surface area (Å²) in [6.45, 7) is 0.925. The number of anilines is 1. The van der Waals surface area contributed by atoms with E-state index in [9.17, 15) is 4.79 Å². The van der Waals surface area contributed by atoms with Crippen molar-refractivity contribution in [3.8, 4) is 5.75 Å². The van der Waals surface area contributed by atoms with Crippen molar-refractivity contribution < 1.29 is 9.53 Å². The number of hydrogen-bond donors (Lipinski definition) is 2. The largest absolute Gasteiger partial charge is 0.497 e. The molecule has 0 saturated heterocycles. The number of nitrogens with zero attached hydrogens (tertiary/aromatic N) is 2. The molecule has 0 aliphatic carbocycles. The number of methoxy groups -OCH3 is 1. The number of aromatic nitrogens is 2. The molecule has 138 valence electrons. The minimum Gasteiger partial charge on any atom is -0.497 e. The van der Waals surface area contributed by atoms with Crippen LogP contribution in [0.3, 0.4) is 0 Å². The molecule has 0 aliphatic rings. The van der Waals surface area contributed by atoms with Crippen molar-refractivity contribution in [3.63, 3.8) is 0 Å². The smallest absolute Gasteiger partial charge is 0.271 e. The van der Waals surface area contributed by atoms with E-state index in [4.69, 9.17) is 16.3 Å². The van der Waals surface area contributed by atoms with E-state index in [0.29, 0.717) is 23.9 Å². The quantitative estimate of drug-likeness (QED) is 0.651. The molecule has 3 rings (SSSR count). The van der Waals surface area contributed by atoms with Gasteiger partial charge in [-0.1, -0.05) is 41.9 Å². The van der Waals surface area contributed by atoms with E-state index in [-0.39, 0.29) is 11.6 Å². The van der Waals surface area contributed by atoms with Crippen LogP contribution < -0.4 is 15.4 Å². The Morgan fingerprint density at radius 1 is 1.04 bits per heavy atom. The number of amides is 1. The molecule has 0 fully saturated rings. The second-order valence-corrected chi connectivity index (χ2v) is 6.17. The third-order valence-electron chi connectivity index (χ3n) is 3.91. The second kappa shape index (κ2) is 9.00. The number of carbonyl (C=O) groups excluding carboxylic acids is 1. The minimum absolute atomic E-state index is 0.256. The van der Waals surface area contributed by atoms with Gasteiger partial charge in [0.15, 0.2) is 0 Å². The van der Waals surface area contributed by atoms with Gasteiger partial charge in [-0.15, -0.1) is 0 Å². The van der Waals surface area contributed by atoms with Gasteiger partial charge in [-0.2, -0.15) is 0 Å². The summed E-state index contributed by atoms with van der Waals surface area (Å²) in [7, 11) is 1.61. The van der Waals surface area contributed by atoms with E-state index in [1.54, 1.807) is 7.11 Å². The van der Waals surface area contributed by atoms with Crippen LogP contribution in [0, 0.1) is 0 Å². The van der Waals surface area contributed by atoms with Gasteiger partial charge in [0.05, 0.1) is 19.5 Å². The summed E-state index contributed by atoms with van der Waals surface area (Å²) < 4.78 is 5.11. The van der Waals surface area contributed by atoms with Crippen LogP contribution in [0.2, 0.25) is 5.02 Å². The van der Waals surface area contributed by atoms with Gasteiger partial charge in [0.2, 0.25) is 0 Å². The maximum Gasteiger partial charge on any atom is 0.271 e. The van der Waals surface area contributed by atoms with Crippen molar-refractivity contribution in [3.05, 3.63) is 82.8 Å². The van der Waals surface area contributed by atoms with Gasteiger partial charge >= 0.3 is 0 Å². The summed E-state index contributed by atoms with van der Waals surface area (Å²) in [5, 5.41) is 6.64. The average molecular weight is 383 g/mol. The van der Waals surface area contributed by atoms with E-state index >= 15 is 0 Å². The van der Waals surface area contributed by atoms with Crippen molar-refractivity contribution in [2.75, 3.05) is 12.4 Å². The van der Waals surface area contributed by atoms with Crippen molar-refractivity contribution in [2.24, 2.45) is 0 Å². The molecule has 1 amide bonds. The fourth-order valence-electron chi connectivity index (χ4n) is 2.38. The molecule has 27 heavy (non-hydrogen) atoms. The number of carbonyl (C=O) groups is 1. The van der Waals surface area contributed by atoms with Crippen molar-refractivity contribution in [2.45, 2.75) is 13.1 Å². The van der Waals surface area contributed by atoms with Crippen LogP contribution in [0.15, 0.2) is 60.9 Å². The Balaban J connectivity index is 1.52. The lowest BCUT2D eigenvalue weighted by molar-refractivity contribution is 0.0945. The first kappa shape index (κ1) is 18.7. The Morgan fingerprint density at radius 3 is 2.48 bits per heavy atom. The number of rotatable bonds is 7. The first-order valence-corrected chi connectivity index (χ1v) is 8.74. The lowest BCUT2D eigenvalue weighted by Crippen LogP contribution is -2.24. The molecule has 6 nitrogen and oxygen atoms in total. The molecule has 0 bridgehead atoms. The number of hydrogen-bond acceptors (Lipinski definition) is 5. The fourth-order valence-corrected chi connectivity index (χ4v) is 2.58. The Bertz CT molecular complexity index is 899. The predicted molar refractivity (Wildman–Crippen MR) is 105 cm³/mol. The summed E-state index contributed by atoms with van der Waals surface area (Å²) in [6, 6.07) is 15.1. The molecule has 1 aromatic heterocycles. The molecular weight excluding hydrogens is 364 g/mol. The zero-order valence-corrected chi connectivity index (χ0v) is 15.5. The van der Waals surface area contributed by atoms with Crippen LogP contribution in [0.1, 0.15) is 21.6 Å². The first-order chi connectivity index (χ1) is 13.2. The molecule has 1 heterocycles. The Labute approximate surface area is 162 Å². The number of benzene rings is 2. The van der Waals surface area contributed by atoms with Gasteiger partial charge in [-0.25, -0.2) is 9.97 Å². The Kier molecular flexibility index (Phi) is 6.22. The highest BCUT2D eigenvalue weighted by Gasteiger charge is 2.08. The van der Waals surface area contributed by atoms with Crippen LogP contribution in [0.25, 0.3) is 0 Å². The molecule has 0 radical (unpaired) electrons. The van der Waals surface area contributed by atoms with E-state index in [0.717, 1.165) is 16.9 Å². The highest BCUT2D eigenvalue weighted by atomic mass is 35.5. The number of ether oxygens (including phenoxy) is 1.